The number of fused-ring (bicyclic) bond motifs is 1. The number of amides is 1. The Labute approximate surface area is 151 Å². The van der Waals surface area contributed by atoms with Crippen LogP contribution in [0.4, 0.5) is 5.69 Å². The molecule has 1 heterocycles. The number of rotatable bonds is 3. The molecule has 3 aromatic rings. The lowest BCUT2D eigenvalue weighted by Gasteiger charge is -2.06. The molecule has 0 spiro atoms. The normalized spacial score (nSPS) is 10.8. The lowest BCUT2D eigenvalue weighted by molar-refractivity contribution is 0.103. The van der Waals surface area contributed by atoms with Gasteiger partial charge >= 0.3 is 0 Å². The number of ether oxygens (including phenoxy) is 1. The van der Waals surface area contributed by atoms with Crippen LogP contribution in [0, 0.1) is 0 Å². The number of anilines is 1. The second-order valence-electron chi connectivity index (χ2n) is 4.69. The molecule has 1 amide bonds. The average Bonchev–Trinajstić information content (AvgIpc) is 2.84. The van der Waals surface area contributed by atoms with E-state index in [0.29, 0.717) is 36.8 Å². The van der Waals surface area contributed by atoms with E-state index in [2.05, 4.69) is 5.32 Å². The monoisotopic (exact) mass is 385 g/mol. The molecule has 0 aliphatic rings. The third-order valence-corrected chi connectivity index (χ3v) is 5.33. The summed E-state index contributed by atoms with van der Waals surface area (Å²) in [6, 6.07) is 10.4. The summed E-state index contributed by atoms with van der Waals surface area (Å²) < 4.78 is 5.90. The molecule has 0 radical (unpaired) electrons. The minimum Gasteiger partial charge on any atom is -0.497 e. The second kappa shape index (κ2) is 6.57. The number of benzene rings is 2. The SMILES string of the molecule is COc1cccc(NC(=O)c2sc3cc(Cl)cc(Cl)c3c2Cl)c1. The fraction of sp³-hybridized carbons (Fsp3) is 0.0625. The van der Waals surface area contributed by atoms with Crippen molar-refractivity contribution in [1.82, 2.24) is 0 Å². The molecule has 3 rings (SSSR count). The summed E-state index contributed by atoms with van der Waals surface area (Å²) in [5.41, 5.74) is 0.618. The number of nitrogens with one attached hydrogen (secondary N) is 1. The molecular formula is C16H10Cl3NO2S. The van der Waals surface area contributed by atoms with Crippen molar-refractivity contribution < 1.29 is 9.53 Å². The minimum atomic E-state index is -0.309. The summed E-state index contributed by atoms with van der Waals surface area (Å²) in [5.74, 6) is 0.344. The van der Waals surface area contributed by atoms with E-state index in [1.165, 1.54) is 11.3 Å². The fourth-order valence-corrected chi connectivity index (χ4v) is 4.42. The number of halogens is 3. The van der Waals surface area contributed by atoms with Crippen molar-refractivity contribution in [2.24, 2.45) is 0 Å². The van der Waals surface area contributed by atoms with Gasteiger partial charge in [0.2, 0.25) is 0 Å². The van der Waals surface area contributed by atoms with Gasteiger partial charge in [0.1, 0.15) is 10.6 Å². The van der Waals surface area contributed by atoms with Crippen molar-refractivity contribution in [1.29, 1.82) is 0 Å². The minimum absolute atomic E-state index is 0.309. The van der Waals surface area contributed by atoms with Gasteiger partial charge in [-0.25, -0.2) is 0 Å². The van der Waals surface area contributed by atoms with Crippen LogP contribution in [0.25, 0.3) is 10.1 Å². The van der Waals surface area contributed by atoms with Crippen LogP contribution in [0.2, 0.25) is 15.1 Å². The van der Waals surface area contributed by atoms with Crippen LogP contribution in [-0.2, 0) is 0 Å². The summed E-state index contributed by atoms with van der Waals surface area (Å²) in [6.45, 7) is 0. The third kappa shape index (κ3) is 3.26. The smallest absolute Gasteiger partial charge is 0.267 e. The highest BCUT2D eigenvalue weighted by molar-refractivity contribution is 7.21. The van der Waals surface area contributed by atoms with E-state index in [4.69, 9.17) is 39.5 Å². The Kier molecular flexibility index (Phi) is 4.69. The van der Waals surface area contributed by atoms with Crippen molar-refractivity contribution in [3.05, 3.63) is 56.3 Å². The molecule has 1 aromatic heterocycles. The van der Waals surface area contributed by atoms with Crippen molar-refractivity contribution >= 4 is 67.8 Å². The molecule has 0 aliphatic carbocycles. The molecule has 3 nitrogen and oxygen atoms in total. The van der Waals surface area contributed by atoms with Crippen molar-refractivity contribution in [2.45, 2.75) is 0 Å². The van der Waals surface area contributed by atoms with E-state index in [-0.39, 0.29) is 5.91 Å². The number of thiophene rings is 1. The molecule has 7 heteroatoms. The van der Waals surface area contributed by atoms with Crippen LogP contribution >= 0.6 is 46.1 Å². The summed E-state index contributed by atoms with van der Waals surface area (Å²) in [5, 5.41) is 4.69. The highest BCUT2D eigenvalue weighted by atomic mass is 35.5. The van der Waals surface area contributed by atoms with Gasteiger partial charge in [0.25, 0.3) is 5.91 Å². The zero-order chi connectivity index (χ0) is 16.6. The highest BCUT2D eigenvalue weighted by Crippen LogP contribution is 2.41. The van der Waals surface area contributed by atoms with Gasteiger partial charge in [0, 0.05) is 26.9 Å². The highest BCUT2D eigenvalue weighted by Gasteiger charge is 2.19. The number of hydrogen-bond acceptors (Lipinski definition) is 3. The van der Waals surface area contributed by atoms with Gasteiger partial charge in [-0.3, -0.25) is 4.79 Å². The maximum absolute atomic E-state index is 12.5. The van der Waals surface area contributed by atoms with Gasteiger partial charge < -0.3 is 10.1 Å². The number of hydrogen-bond donors (Lipinski definition) is 1. The number of methoxy groups -OCH3 is 1. The van der Waals surface area contributed by atoms with Crippen LogP contribution in [0.3, 0.4) is 0 Å². The average molecular weight is 387 g/mol. The zero-order valence-electron chi connectivity index (χ0n) is 11.8. The van der Waals surface area contributed by atoms with Gasteiger partial charge in [-0.05, 0) is 24.3 Å². The zero-order valence-corrected chi connectivity index (χ0v) is 14.9. The van der Waals surface area contributed by atoms with Crippen LogP contribution in [0.15, 0.2) is 36.4 Å². The van der Waals surface area contributed by atoms with Gasteiger partial charge in [0.05, 0.1) is 17.2 Å². The Bertz CT molecular complexity index is 908. The van der Waals surface area contributed by atoms with E-state index < -0.39 is 0 Å². The molecule has 23 heavy (non-hydrogen) atoms. The van der Waals surface area contributed by atoms with Crippen molar-refractivity contribution in [3.63, 3.8) is 0 Å². The van der Waals surface area contributed by atoms with Gasteiger partial charge in [-0.1, -0.05) is 40.9 Å². The molecule has 0 unspecified atom stereocenters. The lowest BCUT2D eigenvalue weighted by atomic mass is 10.2. The molecule has 118 valence electrons. The lowest BCUT2D eigenvalue weighted by Crippen LogP contribution is -2.10. The predicted molar refractivity (Wildman–Crippen MR) is 97.8 cm³/mol. The van der Waals surface area contributed by atoms with E-state index in [1.54, 1.807) is 43.5 Å². The second-order valence-corrected chi connectivity index (χ2v) is 6.97. The number of carbonyl (C=O) groups is 1. The van der Waals surface area contributed by atoms with Gasteiger partial charge in [0.15, 0.2) is 0 Å². The molecule has 0 fully saturated rings. The number of carbonyl (C=O) groups excluding carboxylic acids is 1. The summed E-state index contributed by atoms with van der Waals surface area (Å²) >= 11 is 19.7. The van der Waals surface area contributed by atoms with Crippen LogP contribution in [-0.4, -0.2) is 13.0 Å². The maximum Gasteiger partial charge on any atom is 0.267 e. The van der Waals surface area contributed by atoms with Crippen LogP contribution in [0.1, 0.15) is 9.67 Å². The van der Waals surface area contributed by atoms with E-state index >= 15 is 0 Å². The Morgan fingerprint density at radius 2 is 1.96 bits per heavy atom. The maximum atomic E-state index is 12.5. The summed E-state index contributed by atoms with van der Waals surface area (Å²) in [6.07, 6.45) is 0. The Balaban J connectivity index is 1.97. The topological polar surface area (TPSA) is 38.3 Å². The molecule has 0 bridgehead atoms. The summed E-state index contributed by atoms with van der Waals surface area (Å²) in [7, 11) is 1.57. The molecule has 1 N–H and O–H groups in total. The third-order valence-electron chi connectivity index (χ3n) is 3.18. The van der Waals surface area contributed by atoms with Gasteiger partial charge in [-0.2, -0.15) is 0 Å². The standard InChI is InChI=1S/C16H10Cl3NO2S/c1-22-10-4-2-3-9(7-10)20-16(21)15-14(19)13-11(18)5-8(17)6-12(13)23-15/h2-7H,1H3,(H,20,21). The predicted octanol–water partition coefficient (Wildman–Crippen LogP) is 6.12. The quantitative estimate of drug-likeness (QED) is 0.588. The van der Waals surface area contributed by atoms with Crippen molar-refractivity contribution in [3.8, 4) is 5.75 Å². The van der Waals surface area contributed by atoms with Gasteiger partial charge in [-0.15, -0.1) is 11.3 Å². The molecule has 2 aromatic carbocycles. The molecular weight excluding hydrogens is 377 g/mol. The van der Waals surface area contributed by atoms with E-state index in [1.807, 2.05) is 0 Å². The van der Waals surface area contributed by atoms with Crippen LogP contribution < -0.4 is 10.1 Å². The Hall–Kier alpha value is -1.46. The molecule has 0 saturated carbocycles. The first-order valence-electron chi connectivity index (χ1n) is 6.52. The largest absolute Gasteiger partial charge is 0.497 e. The first kappa shape index (κ1) is 16.4. The first-order chi connectivity index (χ1) is 11.0. The van der Waals surface area contributed by atoms with Crippen molar-refractivity contribution in [2.75, 3.05) is 12.4 Å². The Morgan fingerprint density at radius 1 is 1.17 bits per heavy atom. The first-order valence-corrected chi connectivity index (χ1v) is 8.47. The van der Waals surface area contributed by atoms with Crippen LogP contribution in [0.5, 0.6) is 5.75 Å². The van der Waals surface area contributed by atoms with E-state index in [9.17, 15) is 4.79 Å². The molecule has 0 saturated heterocycles. The Morgan fingerprint density at radius 3 is 2.70 bits per heavy atom. The van der Waals surface area contributed by atoms with E-state index in [0.717, 1.165) is 4.70 Å². The fourth-order valence-electron chi connectivity index (χ4n) is 2.15. The molecule has 0 aliphatic heterocycles. The molecule has 0 atom stereocenters. The summed E-state index contributed by atoms with van der Waals surface area (Å²) in [4.78, 5) is 12.9.